The van der Waals surface area contributed by atoms with Crippen molar-refractivity contribution in [2.45, 2.75) is 6.18 Å². The highest BCUT2D eigenvalue weighted by atomic mass is 19.4. The molecule has 0 spiro atoms. The fraction of sp³-hybridized carbons (Fsp3) is 0.300. The highest BCUT2D eigenvalue weighted by Crippen LogP contribution is 2.20. The number of nitrogens with zero attached hydrogens (tertiary/aromatic N) is 2. The number of alkyl halides is 3. The molecule has 2 aromatic rings. The summed E-state index contributed by atoms with van der Waals surface area (Å²) in [5.41, 5.74) is 1.47. The number of nitrogens with one attached hydrogen (secondary N) is 1. The summed E-state index contributed by atoms with van der Waals surface area (Å²) in [6, 6.07) is 7.18. The second-order valence-electron chi connectivity index (χ2n) is 3.45. The van der Waals surface area contributed by atoms with Gasteiger partial charge in [0.25, 0.3) is 0 Å². The number of rotatable bonds is 2. The lowest BCUT2D eigenvalue weighted by Crippen LogP contribution is -2.22. The molecule has 1 aromatic heterocycles. The molecule has 0 aliphatic heterocycles. The smallest absolute Gasteiger partial charge is 0.347 e. The van der Waals surface area contributed by atoms with Gasteiger partial charge in [-0.15, -0.1) is 0 Å². The number of imidazole rings is 1. The molecule has 2 rings (SSSR count). The molecule has 1 aromatic carbocycles. The predicted octanol–water partition coefficient (Wildman–Crippen LogP) is 2.55. The molecule has 0 atom stereocenters. The van der Waals surface area contributed by atoms with Crippen LogP contribution >= 0.6 is 0 Å². The number of aromatic nitrogens is 2. The number of aryl methyl sites for hydroxylation is 1. The molecule has 6 heteroatoms. The number of anilines is 1. The van der Waals surface area contributed by atoms with Gasteiger partial charge in [-0.1, -0.05) is 12.1 Å². The second-order valence-corrected chi connectivity index (χ2v) is 3.45. The van der Waals surface area contributed by atoms with Crippen LogP contribution in [0.15, 0.2) is 24.3 Å². The van der Waals surface area contributed by atoms with Gasteiger partial charge >= 0.3 is 6.18 Å². The summed E-state index contributed by atoms with van der Waals surface area (Å²) in [6.07, 6.45) is -4.24. The van der Waals surface area contributed by atoms with Crippen LogP contribution in [-0.2, 0) is 7.05 Å². The minimum Gasteiger partial charge on any atom is -0.347 e. The van der Waals surface area contributed by atoms with Crippen LogP contribution in [0.2, 0.25) is 0 Å². The van der Waals surface area contributed by atoms with Crippen molar-refractivity contribution in [3.63, 3.8) is 0 Å². The topological polar surface area (TPSA) is 29.9 Å². The SMILES string of the molecule is Cn1c(NCC(F)(F)F)nc2ccccc21. The van der Waals surface area contributed by atoms with E-state index in [1.807, 2.05) is 6.07 Å². The van der Waals surface area contributed by atoms with Gasteiger partial charge in [-0.05, 0) is 12.1 Å². The first kappa shape index (κ1) is 10.8. The van der Waals surface area contributed by atoms with Crippen molar-refractivity contribution in [3.05, 3.63) is 24.3 Å². The number of benzene rings is 1. The summed E-state index contributed by atoms with van der Waals surface area (Å²) >= 11 is 0. The van der Waals surface area contributed by atoms with E-state index < -0.39 is 12.7 Å². The molecule has 0 radical (unpaired) electrons. The monoisotopic (exact) mass is 229 g/mol. The standard InChI is InChI=1S/C10H10F3N3/c1-16-8-5-3-2-4-7(8)15-9(16)14-6-10(11,12)13/h2-5H,6H2,1H3,(H,14,15). The van der Waals surface area contributed by atoms with E-state index in [1.54, 1.807) is 29.8 Å². The van der Waals surface area contributed by atoms with Crippen LogP contribution in [-0.4, -0.2) is 22.3 Å². The van der Waals surface area contributed by atoms with Crippen LogP contribution in [0.25, 0.3) is 11.0 Å². The Bertz CT molecular complexity index is 501. The van der Waals surface area contributed by atoms with Crippen molar-refractivity contribution >= 4 is 17.0 Å². The largest absolute Gasteiger partial charge is 0.405 e. The number of hydrogen-bond acceptors (Lipinski definition) is 2. The van der Waals surface area contributed by atoms with E-state index in [-0.39, 0.29) is 5.95 Å². The average molecular weight is 229 g/mol. The van der Waals surface area contributed by atoms with E-state index in [9.17, 15) is 13.2 Å². The number of para-hydroxylation sites is 2. The molecule has 0 saturated heterocycles. The van der Waals surface area contributed by atoms with E-state index in [2.05, 4.69) is 10.3 Å². The minimum absolute atomic E-state index is 0.221. The van der Waals surface area contributed by atoms with Gasteiger partial charge in [0.05, 0.1) is 11.0 Å². The molecule has 0 aliphatic carbocycles. The van der Waals surface area contributed by atoms with Crippen molar-refractivity contribution in [1.82, 2.24) is 9.55 Å². The average Bonchev–Trinajstić information content (AvgIpc) is 2.53. The maximum absolute atomic E-state index is 12.0. The van der Waals surface area contributed by atoms with Crippen molar-refractivity contribution in [1.29, 1.82) is 0 Å². The fourth-order valence-electron chi connectivity index (χ4n) is 1.48. The van der Waals surface area contributed by atoms with Crippen LogP contribution in [0.3, 0.4) is 0 Å². The van der Waals surface area contributed by atoms with E-state index in [4.69, 9.17) is 0 Å². The highest BCUT2D eigenvalue weighted by molar-refractivity contribution is 5.78. The molecule has 0 fully saturated rings. The number of hydrogen-bond donors (Lipinski definition) is 1. The van der Waals surface area contributed by atoms with Gasteiger partial charge in [-0.3, -0.25) is 0 Å². The third kappa shape index (κ3) is 2.10. The van der Waals surface area contributed by atoms with Gasteiger partial charge in [-0.2, -0.15) is 13.2 Å². The van der Waals surface area contributed by atoms with Crippen molar-refractivity contribution in [2.24, 2.45) is 7.05 Å². The quantitative estimate of drug-likeness (QED) is 0.857. The van der Waals surface area contributed by atoms with Crippen LogP contribution in [0.5, 0.6) is 0 Å². The molecule has 0 aliphatic rings. The van der Waals surface area contributed by atoms with Gasteiger partial charge < -0.3 is 9.88 Å². The zero-order valence-corrected chi connectivity index (χ0v) is 8.54. The molecule has 86 valence electrons. The Morgan fingerprint density at radius 2 is 2.00 bits per heavy atom. The lowest BCUT2D eigenvalue weighted by Gasteiger charge is -2.08. The Labute approximate surface area is 89.9 Å². The van der Waals surface area contributed by atoms with Gasteiger partial charge in [-0.25, -0.2) is 4.98 Å². The summed E-state index contributed by atoms with van der Waals surface area (Å²) in [7, 11) is 1.67. The summed E-state index contributed by atoms with van der Waals surface area (Å²) < 4.78 is 37.7. The zero-order valence-electron chi connectivity index (χ0n) is 8.54. The van der Waals surface area contributed by atoms with E-state index in [0.717, 1.165) is 5.52 Å². The number of halogens is 3. The first-order chi connectivity index (χ1) is 7.47. The predicted molar refractivity (Wildman–Crippen MR) is 55.3 cm³/mol. The van der Waals surface area contributed by atoms with Gasteiger partial charge in [0.2, 0.25) is 5.95 Å². The molecular formula is C10H10F3N3. The Balaban J connectivity index is 2.28. The maximum atomic E-state index is 12.0. The molecule has 3 nitrogen and oxygen atoms in total. The normalized spacial score (nSPS) is 12.0. The van der Waals surface area contributed by atoms with Crippen molar-refractivity contribution in [3.8, 4) is 0 Å². The summed E-state index contributed by atoms with van der Waals surface area (Å²) in [4.78, 5) is 4.07. The summed E-state index contributed by atoms with van der Waals surface area (Å²) in [5.74, 6) is 0.221. The molecular weight excluding hydrogens is 219 g/mol. The molecule has 0 amide bonds. The lowest BCUT2D eigenvalue weighted by atomic mass is 10.3. The highest BCUT2D eigenvalue weighted by Gasteiger charge is 2.27. The maximum Gasteiger partial charge on any atom is 0.405 e. The molecule has 0 unspecified atom stereocenters. The molecule has 16 heavy (non-hydrogen) atoms. The van der Waals surface area contributed by atoms with Crippen LogP contribution < -0.4 is 5.32 Å². The van der Waals surface area contributed by atoms with Crippen LogP contribution in [0.4, 0.5) is 19.1 Å². The van der Waals surface area contributed by atoms with E-state index >= 15 is 0 Å². The Morgan fingerprint density at radius 1 is 1.31 bits per heavy atom. The zero-order chi connectivity index (χ0) is 11.8. The third-order valence-corrected chi connectivity index (χ3v) is 2.23. The molecule has 0 saturated carbocycles. The molecule has 1 N–H and O–H groups in total. The second kappa shape index (κ2) is 3.70. The first-order valence-corrected chi connectivity index (χ1v) is 4.69. The third-order valence-electron chi connectivity index (χ3n) is 2.23. The van der Waals surface area contributed by atoms with Crippen molar-refractivity contribution in [2.75, 3.05) is 11.9 Å². The van der Waals surface area contributed by atoms with Crippen molar-refractivity contribution < 1.29 is 13.2 Å². The first-order valence-electron chi connectivity index (χ1n) is 4.69. The molecule has 0 bridgehead atoms. The summed E-state index contributed by atoms with van der Waals surface area (Å²) in [5, 5.41) is 2.27. The van der Waals surface area contributed by atoms with Gasteiger partial charge in [0, 0.05) is 7.05 Å². The summed E-state index contributed by atoms with van der Waals surface area (Å²) in [6.45, 7) is -1.08. The lowest BCUT2D eigenvalue weighted by molar-refractivity contribution is -0.115. The molecule has 1 heterocycles. The number of fused-ring (bicyclic) bond motifs is 1. The minimum atomic E-state index is -4.24. The van der Waals surface area contributed by atoms with Crippen LogP contribution in [0, 0.1) is 0 Å². The van der Waals surface area contributed by atoms with E-state index in [0.29, 0.717) is 5.52 Å². The van der Waals surface area contributed by atoms with E-state index in [1.165, 1.54) is 0 Å². The van der Waals surface area contributed by atoms with Crippen LogP contribution in [0.1, 0.15) is 0 Å². The Kier molecular flexibility index (Phi) is 2.49. The Morgan fingerprint density at radius 3 is 2.62 bits per heavy atom. The van der Waals surface area contributed by atoms with Gasteiger partial charge in [0.15, 0.2) is 0 Å². The van der Waals surface area contributed by atoms with Gasteiger partial charge in [0.1, 0.15) is 6.54 Å². The Hall–Kier alpha value is -1.72. The fourth-order valence-corrected chi connectivity index (χ4v) is 1.48.